The Hall–Kier alpha value is -2.14. The zero-order chi connectivity index (χ0) is 16.1. The van der Waals surface area contributed by atoms with Gasteiger partial charge in [0.15, 0.2) is 0 Å². The molecule has 2 N–H and O–H groups in total. The van der Waals surface area contributed by atoms with Crippen LogP contribution in [0.25, 0.3) is 0 Å². The molecule has 2 atom stereocenters. The molecule has 0 amide bonds. The van der Waals surface area contributed by atoms with Crippen LogP contribution in [0.15, 0.2) is 36.4 Å². The van der Waals surface area contributed by atoms with E-state index < -0.39 is 0 Å². The van der Waals surface area contributed by atoms with Gasteiger partial charge in [0.1, 0.15) is 17.5 Å². The molecule has 1 aromatic carbocycles. The zero-order valence-electron chi connectivity index (χ0n) is 13.7. The molecule has 5 heteroatoms. The van der Waals surface area contributed by atoms with Crippen molar-refractivity contribution in [2.24, 2.45) is 0 Å². The lowest BCUT2D eigenvalue weighted by Crippen LogP contribution is -2.19. The molecule has 122 valence electrons. The van der Waals surface area contributed by atoms with Gasteiger partial charge in [0.25, 0.3) is 0 Å². The molecule has 0 bridgehead atoms. The Bertz CT molecular complexity index is 626. The van der Waals surface area contributed by atoms with Crippen LogP contribution < -0.4 is 10.6 Å². The van der Waals surface area contributed by atoms with Crippen LogP contribution in [0.5, 0.6) is 0 Å². The van der Waals surface area contributed by atoms with Gasteiger partial charge in [-0.05, 0) is 32.3 Å². The fraction of sp³-hybridized carbons (Fsp3) is 0.444. The number of nitrogens with zero attached hydrogens (tertiary/aromatic N) is 2. The third-order valence-electron chi connectivity index (χ3n) is 4.04. The van der Waals surface area contributed by atoms with Gasteiger partial charge in [0, 0.05) is 25.3 Å². The minimum atomic E-state index is 0.191. The van der Waals surface area contributed by atoms with Crippen molar-refractivity contribution in [1.29, 1.82) is 0 Å². The summed E-state index contributed by atoms with van der Waals surface area (Å²) in [6, 6.07) is 12.5. The van der Waals surface area contributed by atoms with Crippen molar-refractivity contribution in [1.82, 2.24) is 9.97 Å². The van der Waals surface area contributed by atoms with Crippen LogP contribution in [0.1, 0.15) is 37.2 Å². The van der Waals surface area contributed by atoms with E-state index >= 15 is 0 Å². The van der Waals surface area contributed by atoms with E-state index in [1.54, 1.807) is 0 Å². The van der Waals surface area contributed by atoms with E-state index in [0.29, 0.717) is 6.10 Å². The Morgan fingerprint density at radius 1 is 1.22 bits per heavy atom. The number of rotatable bonds is 6. The molecule has 5 nitrogen and oxygen atoms in total. The second-order valence-corrected chi connectivity index (χ2v) is 5.98. The predicted octanol–water partition coefficient (Wildman–Crippen LogP) is 3.55. The maximum atomic E-state index is 5.64. The largest absolute Gasteiger partial charge is 0.376 e. The first-order valence-corrected chi connectivity index (χ1v) is 8.23. The van der Waals surface area contributed by atoms with Crippen LogP contribution >= 0.6 is 0 Å². The SMILES string of the molecule is Cc1nc(NCC2CCCO2)cc(NC(C)c2ccccc2)n1. The number of aromatic nitrogens is 2. The highest BCUT2D eigenvalue weighted by molar-refractivity contribution is 5.48. The van der Waals surface area contributed by atoms with Gasteiger partial charge in [-0.15, -0.1) is 0 Å². The van der Waals surface area contributed by atoms with Gasteiger partial charge in [-0.3, -0.25) is 0 Å². The quantitative estimate of drug-likeness (QED) is 0.854. The highest BCUT2D eigenvalue weighted by atomic mass is 16.5. The molecule has 23 heavy (non-hydrogen) atoms. The van der Waals surface area contributed by atoms with Crippen molar-refractivity contribution in [3.8, 4) is 0 Å². The molecular weight excluding hydrogens is 288 g/mol. The number of aryl methyl sites for hydroxylation is 1. The van der Waals surface area contributed by atoms with Crippen LogP contribution in [0.2, 0.25) is 0 Å². The van der Waals surface area contributed by atoms with Gasteiger partial charge in [-0.2, -0.15) is 0 Å². The molecule has 0 radical (unpaired) electrons. The molecule has 1 aliphatic heterocycles. The zero-order valence-corrected chi connectivity index (χ0v) is 13.7. The van der Waals surface area contributed by atoms with Crippen LogP contribution in [-0.2, 0) is 4.74 Å². The summed E-state index contributed by atoms with van der Waals surface area (Å²) in [5.74, 6) is 2.43. The number of anilines is 2. The standard InChI is InChI=1S/C18H24N4O/c1-13(15-7-4-3-5-8-15)20-18-11-17(21-14(2)22-18)19-12-16-9-6-10-23-16/h3-5,7-8,11,13,16H,6,9-10,12H2,1-2H3,(H2,19,20,21,22). The molecule has 2 heterocycles. The Morgan fingerprint density at radius 3 is 2.74 bits per heavy atom. The molecule has 0 spiro atoms. The van der Waals surface area contributed by atoms with Crippen molar-refractivity contribution < 1.29 is 4.74 Å². The molecule has 1 aromatic heterocycles. The van der Waals surface area contributed by atoms with Crippen LogP contribution in [0.4, 0.5) is 11.6 Å². The van der Waals surface area contributed by atoms with Gasteiger partial charge in [-0.1, -0.05) is 30.3 Å². The Morgan fingerprint density at radius 2 is 2.00 bits per heavy atom. The van der Waals surface area contributed by atoms with Gasteiger partial charge in [-0.25, -0.2) is 9.97 Å². The summed E-state index contributed by atoms with van der Waals surface area (Å²) in [7, 11) is 0. The summed E-state index contributed by atoms with van der Waals surface area (Å²) >= 11 is 0. The van der Waals surface area contributed by atoms with E-state index in [1.165, 1.54) is 5.56 Å². The third kappa shape index (κ3) is 4.42. The monoisotopic (exact) mass is 312 g/mol. The van der Waals surface area contributed by atoms with Gasteiger partial charge in [0.2, 0.25) is 0 Å². The van der Waals surface area contributed by atoms with Gasteiger partial charge < -0.3 is 15.4 Å². The second-order valence-electron chi connectivity index (χ2n) is 5.98. The molecule has 1 aliphatic rings. The summed E-state index contributed by atoms with van der Waals surface area (Å²) < 4.78 is 5.64. The first-order valence-electron chi connectivity index (χ1n) is 8.23. The van der Waals surface area contributed by atoms with Crippen molar-refractivity contribution in [2.45, 2.75) is 38.8 Å². The summed E-state index contributed by atoms with van der Waals surface area (Å²) in [5, 5.41) is 6.81. The predicted molar refractivity (Wildman–Crippen MR) is 92.7 cm³/mol. The lowest BCUT2D eigenvalue weighted by Gasteiger charge is -2.17. The summed E-state index contributed by atoms with van der Waals surface area (Å²) in [6.07, 6.45) is 2.56. The molecule has 3 rings (SSSR count). The van der Waals surface area contributed by atoms with Crippen molar-refractivity contribution in [3.63, 3.8) is 0 Å². The summed E-state index contributed by atoms with van der Waals surface area (Å²) in [5.41, 5.74) is 1.23. The normalized spacial score (nSPS) is 18.6. The average molecular weight is 312 g/mol. The molecular formula is C18H24N4O. The molecule has 2 unspecified atom stereocenters. The molecule has 0 aliphatic carbocycles. The summed E-state index contributed by atoms with van der Waals surface area (Å²) in [6.45, 7) is 5.71. The fourth-order valence-electron chi connectivity index (χ4n) is 2.80. The van der Waals surface area contributed by atoms with Gasteiger partial charge in [0.05, 0.1) is 6.10 Å². The van der Waals surface area contributed by atoms with Crippen molar-refractivity contribution in [2.75, 3.05) is 23.8 Å². The number of ether oxygens (including phenoxy) is 1. The van der Waals surface area contributed by atoms with Crippen LogP contribution in [0, 0.1) is 6.92 Å². The van der Waals surface area contributed by atoms with E-state index in [2.05, 4.69) is 39.7 Å². The molecule has 0 saturated carbocycles. The number of hydrogen-bond acceptors (Lipinski definition) is 5. The number of hydrogen-bond donors (Lipinski definition) is 2. The Labute approximate surface area is 137 Å². The van der Waals surface area contributed by atoms with E-state index in [0.717, 1.165) is 43.5 Å². The highest BCUT2D eigenvalue weighted by Crippen LogP contribution is 2.20. The van der Waals surface area contributed by atoms with E-state index in [-0.39, 0.29) is 6.04 Å². The number of benzene rings is 1. The van der Waals surface area contributed by atoms with E-state index in [1.807, 2.05) is 31.2 Å². The minimum absolute atomic E-state index is 0.191. The van der Waals surface area contributed by atoms with E-state index in [9.17, 15) is 0 Å². The second kappa shape index (κ2) is 7.42. The molecule has 2 aromatic rings. The molecule has 1 saturated heterocycles. The third-order valence-corrected chi connectivity index (χ3v) is 4.04. The Balaban J connectivity index is 1.64. The lowest BCUT2D eigenvalue weighted by molar-refractivity contribution is 0.120. The first kappa shape index (κ1) is 15.7. The minimum Gasteiger partial charge on any atom is -0.376 e. The highest BCUT2D eigenvalue weighted by Gasteiger charge is 2.15. The average Bonchev–Trinajstić information content (AvgIpc) is 3.07. The maximum absolute atomic E-state index is 5.64. The lowest BCUT2D eigenvalue weighted by atomic mass is 10.1. The summed E-state index contributed by atoms with van der Waals surface area (Å²) in [4.78, 5) is 8.94. The smallest absolute Gasteiger partial charge is 0.132 e. The molecule has 1 fully saturated rings. The van der Waals surface area contributed by atoms with Crippen molar-refractivity contribution >= 4 is 11.6 Å². The first-order chi connectivity index (χ1) is 11.2. The van der Waals surface area contributed by atoms with Crippen LogP contribution in [0.3, 0.4) is 0 Å². The Kier molecular flexibility index (Phi) is 5.08. The van der Waals surface area contributed by atoms with Crippen molar-refractivity contribution in [3.05, 3.63) is 47.8 Å². The fourth-order valence-corrected chi connectivity index (χ4v) is 2.80. The van der Waals surface area contributed by atoms with Crippen LogP contribution in [-0.4, -0.2) is 29.2 Å². The topological polar surface area (TPSA) is 59.1 Å². The number of nitrogens with one attached hydrogen (secondary N) is 2. The van der Waals surface area contributed by atoms with Gasteiger partial charge >= 0.3 is 0 Å². The maximum Gasteiger partial charge on any atom is 0.132 e. The van der Waals surface area contributed by atoms with E-state index in [4.69, 9.17) is 4.74 Å².